The second-order valence-electron chi connectivity index (χ2n) is 5.98. The Labute approximate surface area is 149 Å². The minimum Gasteiger partial charge on any atom is -0.394 e. The lowest BCUT2D eigenvalue weighted by atomic mass is 9.96. The van der Waals surface area contributed by atoms with Crippen LogP contribution < -0.4 is 10.6 Å². The predicted molar refractivity (Wildman–Crippen MR) is 85.6 cm³/mol. The summed E-state index contributed by atoms with van der Waals surface area (Å²) in [4.78, 5) is 41.4. The first-order valence-electron chi connectivity index (χ1n) is 7.79. The monoisotopic (exact) mass is 400 g/mol. The van der Waals surface area contributed by atoms with Crippen molar-refractivity contribution in [3.05, 3.63) is 0 Å². The van der Waals surface area contributed by atoms with Gasteiger partial charge in [0.2, 0.25) is 11.8 Å². The third-order valence-electron chi connectivity index (χ3n) is 3.83. The molecule has 13 heteroatoms. The van der Waals surface area contributed by atoms with Crippen LogP contribution in [0.1, 0.15) is 20.8 Å². The summed E-state index contributed by atoms with van der Waals surface area (Å²) in [5.41, 5.74) is 0. The van der Waals surface area contributed by atoms with Crippen molar-refractivity contribution in [2.24, 2.45) is 0 Å². The maximum absolute atomic E-state index is 12.1. The fourth-order valence-electron chi connectivity index (χ4n) is 2.34. The van der Waals surface area contributed by atoms with Gasteiger partial charge in [0.05, 0.1) is 6.61 Å². The quantitative estimate of drug-likeness (QED) is 0.216. The normalized spacial score (nSPS) is 31.8. The van der Waals surface area contributed by atoms with Gasteiger partial charge in [-0.25, -0.2) is 0 Å². The van der Waals surface area contributed by atoms with Crippen LogP contribution in [0.25, 0.3) is 0 Å². The molecule has 0 spiro atoms. The van der Waals surface area contributed by atoms with E-state index in [0.29, 0.717) is 0 Å². The standard InChI is InChI=1S/C13H25N2O10P/c1-5(12(19)15-7(3)26(21,22)23)24-11-9(14-6(2)17)13(20)25-8(4-16)10(11)18/h5,7-11,13,16,18,20H,4H2,1-3H3,(H,14,17)(H,15,19)(H2,21,22,23)/t5-,7-,8-,9-,10-,11-,13-/m1/s1. The number of hydrogen-bond donors (Lipinski definition) is 7. The molecule has 0 aromatic carbocycles. The first-order valence-corrected chi connectivity index (χ1v) is 9.47. The Morgan fingerprint density at radius 2 is 1.85 bits per heavy atom. The fraction of sp³-hybridized carbons (Fsp3) is 0.846. The fourth-order valence-corrected chi connectivity index (χ4v) is 2.64. The number of ether oxygens (including phenoxy) is 2. The maximum Gasteiger partial charge on any atom is 0.347 e. The van der Waals surface area contributed by atoms with Crippen LogP contribution in [-0.4, -0.2) is 86.1 Å². The summed E-state index contributed by atoms with van der Waals surface area (Å²) in [5, 5.41) is 33.8. The molecule has 152 valence electrons. The number of rotatable bonds is 7. The minimum atomic E-state index is -4.55. The molecule has 1 aliphatic rings. The van der Waals surface area contributed by atoms with Gasteiger partial charge in [-0.15, -0.1) is 0 Å². The van der Waals surface area contributed by atoms with Gasteiger partial charge in [-0.1, -0.05) is 0 Å². The van der Waals surface area contributed by atoms with E-state index in [1.54, 1.807) is 0 Å². The van der Waals surface area contributed by atoms with Crippen LogP contribution in [0.2, 0.25) is 0 Å². The molecule has 1 rings (SSSR count). The maximum atomic E-state index is 12.1. The van der Waals surface area contributed by atoms with Gasteiger partial charge in [0.25, 0.3) is 0 Å². The predicted octanol–water partition coefficient (Wildman–Crippen LogP) is -3.02. The molecular formula is C13H25N2O10P. The highest BCUT2D eigenvalue weighted by Gasteiger charge is 2.47. The Balaban J connectivity index is 2.90. The highest BCUT2D eigenvalue weighted by Crippen LogP contribution is 2.39. The molecule has 0 bridgehead atoms. The van der Waals surface area contributed by atoms with E-state index in [9.17, 15) is 29.5 Å². The summed E-state index contributed by atoms with van der Waals surface area (Å²) >= 11 is 0. The molecule has 0 aliphatic carbocycles. The molecule has 0 unspecified atom stereocenters. The highest BCUT2D eigenvalue weighted by molar-refractivity contribution is 7.52. The van der Waals surface area contributed by atoms with Crippen molar-refractivity contribution in [2.75, 3.05) is 6.61 Å². The number of carbonyl (C=O) groups is 2. The Hall–Kier alpha value is -1.11. The molecule has 0 radical (unpaired) electrons. The van der Waals surface area contributed by atoms with Crippen LogP contribution in [0, 0.1) is 0 Å². The molecule has 1 saturated heterocycles. The summed E-state index contributed by atoms with van der Waals surface area (Å²) in [6, 6.07) is -1.24. The Kier molecular flexibility index (Phi) is 8.11. The molecule has 0 aromatic heterocycles. The van der Waals surface area contributed by atoms with Crippen molar-refractivity contribution in [1.82, 2.24) is 10.6 Å². The van der Waals surface area contributed by atoms with E-state index < -0.39 is 68.5 Å². The van der Waals surface area contributed by atoms with Crippen molar-refractivity contribution in [1.29, 1.82) is 0 Å². The molecule has 1 heterocycles. The number of aliphatic hydroxyl groups excluding tert-OH is 3. The van der Waals surface area contributed by atoms with Gasteiger partial charge in [0.1, 0.15) is 36.2 Å². The second-order valence-corrected chi connectivity index (χ2v) is 7.93. The third-order valence-corrected chi connectivity index (χ3v) is 4.97. The van der Waals surface area contributed by atoms with Crippen LogP contribution >= 0.6 is 7.60 Å². The lowest BCUT2D eigenvalue weighted by Crippen LogP contribution is -2.65. The van der Waals surface area contributed by atoms with E-state index in [0.717, 1.165) is 13.8 Å². The number of carbonyl (C=O) groups excluding carboxylic acids is 2. The second kappa shape index (κ2) is 9.20. The van der Waals surface area contributed by atoms with Gasteiger partial charge < -0.3 is 45.2 Å². The number of amides is 2. The topological polar surface area (TPSA) is 195 Å². The first-order chi connectivity index (χ1) is 11.9. The molecule has 7 N–H and O–H groups in total. The Morgan fingerprint density at radius 1 is 1.27 bits per heavy atom. The van der Waals surface area contributed by atoms with E-state index in [2.05, 4.69) is 10.6 Å². The van der Waals surface area contributed by atoms with Gasteiger partial charge in [-0.3, -0.25) is 14.2 Å². The van der Waals surface area contributed by atoms with Gasteiger partial charge >= 0.3 is 7.60 Å². The first kappa shape index (κ1) is 22.9. The summed E-state index contributed by atoms with van der Waals surface area (Å²) in [7, 11) is -4.55. The molecule has 12 nitrogen and oxygen atoms in total. The molecule has 7 atom stereocenters. The van der Waals surface area contributed by atoms with Crippen LogP contribution in [-0.2, 0) is 23.6 Å². The smallest absolute Gasteiger partial charge is 0.347 e. The minimum absolute atomic E-state index is 0.562. The molecule has 26 heavy (non-hydrogen) atoms. The van der Waals surface area contributed by atoms with Gasteiger partial charge in [-0.2, -0.15) is 0 Å². The largest absolute Gasteiger partial charge is 0.394 e. The third kappa shape index (κ3) is 5.96. The van der Waals surface area contributed by atoms with E-state index >= 15 is 0 Å². The molecular weight excluding hydrogens is 375 g/mol. The van der Waals surface area contributed by atoms with Gasteiger partial charge in [-0.05, 0) is 13.8 Å². The van der Waals surface area contributed by atoms with Crippen LogP contribution in [0.3, 0.4) is 0 Å². The van der Waals surface area contributed by atoms with Crippen molar-refractivity contribution < 1.29 is 48.7 Å². The average Bonchev–Trinajstić information content (AvgIpc) is 2.52. The molecule has 2 amide bonds. The van der Waals surface area contributed by atoms with Gasteiger partial charge in [0.15, 0.2) is 6.29 Å². The van der Waals surface area contributed by atoms with Crippen molar-refractivity contribution in [3.8, 4) is 0 Å². The van der Waals surface area contributed by atoms with E-state index in [4.69, 9.17) is 19.3 Å². The highest BCUT2D eigenvalue weighted by atomic mass is 31.2. The zero-order valence-electron chi connectivity index (χ0n) is 14.5. The summed E-state index contributed by atoms with van der Waals surface area (Å²) in [6.07, 6.45) is -6.96. The van der Waals surface area contributed by atoms with Gasteiger partial charge in [0, 0.05) is 6.92 Å². The lowest BCUT2D eigenvalue weighted by Gasteiger charge is -2.43. The molecule has 0 saturated carbocycles. The van der Waals surface area contributed by atoms with E-state index in [1.165, 1.54) is 6.92 Å². The summed E-state index contributed by atoms with van der Waals surface area (Å²) in [5.74, 6) is -2.90. The zero-order valence-corrected chi connectivity index (χ0v) is 15.4. The Bertz CT molecular complexity index is 555. The lowest BCUT2D eigenvalue weighted by molar-refractivity contribution is -0.266. The summed E-state index contributed by atoms with van der Waals surface area (Å²) in [6.45, 7) is 2.88. The van der Waals surface area contributed by atoms with E-state index in [-0.39, 0.29) is 0 Å². The number of hydrogen-bond acceptors (Lipinski definition) is 8. The molecule has 0 aromatic rings. The summed E-state index contributed by atoms with van der Waals surface area (Å²) < 4.78 is 21.5. The molecule has 1 aliphatic heterocycles. The van der Waals surface area contributed by atoms with Crippen LogP contribution in [0.15, 0.2) is 0 Å². The Morgan fingerprint density at radius 3 is 2.31 bits per heavy atom. The average molecular weight is 400 g/mol. The van der Waals surface area contributed by atoms with Crippen molar-refractivity contribution >= 4 is 19.4 Å². The number of nitrogens with one attached hydrogen (secondary N) is 2. The van der Waals surface area contributed by atoms with Crippen molar-refractivity contribution in [2.45, 2.75) is 63.3 Å². The van der Waals surface area contributed by atoms with Crippen LogP contribution in [0.4, 0.5) is 0 Å². The number of aliphatic hydroxyl groups is 3. The SMILES string of the molecule is CC(=O)N[C@@H]1[C@@H](O[C@H](C)C(=O)N[C@@H](C)P(=O)(O)O)[C@H](O)[C@@H](CO)O[C@H]1O. The zero-order chi connectivity index (χ0) is 20.2. The van der Waals surface area contributed by atoms with E-state index in [1.807, 2.05) is 0 Å². The molecule has 1 fully saturated rings. The van der Waals surface area contributed by atoms with Crippen LogP contribution in [0.5, 0.6) is 0 Å². The van der Waals surface area contributed by atoms with Crippen molar-refractivity contribution in [3.63, 3.8) is 0 Å².